The largest absolute Gasteiger partial charge is 0.495 e. The van der Waals surface area contributed by atoms with Gasteiger partial charge in [-0.15, -0.1) is 0 Å². The zero-order chi connectivity index (χ0) is 20.7. The summed E-state index contributed by atoms with van der Waals surface area (Å²) in [5.74, 6) is -0.0754. The molecule has 0 atom stereocenters. The maximum Gasteiger partial charge on any atom is 0.248 e. The van der Waals surface area contributed by atoms with E-state index in [-0.39, 0.29) is 10.6 Å². The second-order valence-corrected chi connectivity index (χ2v) is 8.14. The molecular weight excluding hydrogens is 400 g/mol. The molecule has 2 aromatic carbocycles. The topological polar surface area (TPSA) is 75.7 Å². The van der Waals surface area contributed by atoms with Gasteiger partial charge in [-0.2, -0.15) is 4.31 Å². The summed E-state index contributed by atoms with van der Waals surface area (Å²) in [5, 5.41) is 3.19. The maximum absolute atomic E-state index is 12.7. The quantitative estimate of drug-likeness (QED) is 0.651. The average molecular weight is 423 g/mol. The van der Waals surface area contributed by atoms with Crippen molar-refractivity contribution in [3.63, 3.8) is 0 Å². The smallest absolute Gasteiger partial charge is 0.248 e. The molecule has 1 N–H and O–H groups in total. The van der Waals surface area contributed by atoms with Crippen LogP contribution in [0, 0.1) is 0 Å². The van der Waals surface area contributed by atoms with Gasteiger partial charge in [0, 0.05) is 24.2 Å². The van der Waals surface area contributed by atoms with Gasteiger partial charge in [-0.05, 0) is 35.9 Å². The van der Waals surface area contributed by atoms with Crippen molar-refractivity contribution in [2.24, 2.45) is 0 Å². The molecule has 0 aliphatic carbocycles. The fourth-order valence-electron chi connectivity index (χ4n) is 2.61. The van der Waals surface area contributed by atoms with Crippen LogP contribution in [0.2, 0.25) is 5.02 Å². The highest BCUT2D eigenvalue weighted by Crippen LogP contribution is 2.29. The number of anilines is 1. The Morgan fingerprint density at radius 2 is 1.86 bits per heavy atom. The van der Waals surface area contributed by atoms with E-state index in [1.54, 1.807) is 38.1 Å². The molecule has 2 rings (SSSR count). The molecule has 1 amide bonds. The number of hydrogen-bond donors (Lipinski definition) is 1. The number of carbonyl (C=O) groups is 1. The van der Waals surface area contributed by atoms with Crippen LogP contribution in [0.15, 0.2) is 53.4 Å². The minimum absolute atomic E-state index is 0.0855. The Morgan fingerprint density at radius 3 is 2.46 bits per heavy atom. The van der Waals surface area contributed by atoms with E-state index in [0.29, 0.717) is 29.4 Å². The predicted octanol–water partition coefficient (Wildman–Crippen LogP) is 4.03. The van der Waals surface area contributed by atoms with Gasteiger partial charge in [0.05, 0.1) is 17.7 Å². The highest BCUT2D eigenvalue weighted by atomic mass is 35.5. The monoisotopic (exact) mass is 422 g/mol. The van der Waals surface area contributed by atoms with Crippen LogP contribution in [0.5, 0.6) is 5.75 Å². The molecule has 6 nitrogen and oxygen atoms in total. The van der Waals surface area contributed by atoms with Gasteiger partial charge < -0.3 is 10.1 Å². The Kier molecular flexibility index (Phi) is 7.62. The Morgan fingerprint density at radius 1 is 1.18 bits per heavy atom. The highest BCUT2D eigenvalue weighted by molar-refractivity contribution is 7.89. The first-order valence-electron chi connectivity index (χ1n) is 8.75. The van der Waals surface area contributed by atoms with Crippen LogP contribution in [0.25, 0.3) is 6.08 Å². The van der Waals surface area contributed by atoms with E-state index in [4.69, 9.17) is 16.3 Å². The third-order valence-electron chi connectivity index (χ3n) is 4.09. The average Bonchev–Trinajstić information content (AvgIpc) is 2.68. The zero-order valence-corrected chi connectivity index (χ0v) is 17.5. The molecule has 2 aromatic rings. The van der Waals surface area contributed by atoms with E-state index < -0.39 is 15.9 Å². The highest BCUT2D eigenvalue weighted by Gasteiger charge is 2.23. The number of halogens is 1. The SMILES string of the molecule is CCN(CC)S(=O)(=O)c1ccc(OC)c(NC(=O)/C=C/c2ccccc2Cl)c1. The second kappa shape index (κ2) is 9.73. The third kappa shape index (κ3) is 5.13. The van der Waals surface area contributed by atoms with E-state index in [9.17, 15) is 13.2 Å². The van der Waals surface area contributed by atoms with E-state index >= 15 is 0 Å². The van der Waals surface area contributed by atoms with Gasteiger partial charge in [0.25, 0.3) is 0 Å². The number of amides is 1. The first-order chi connectivity index (χ1) is 13.3. The molecule has 0 spiro atoms. The van der Waals surface area contributed by atoms with Crippen molar-refractivity contribution in [2.75, 3.05) is 25.5 Å². The first-order valence-corrected chi connectivity index (χ1v) is 10.6. The van der Waals surface area contributed by atoms with Crippen LogP contribution in [-0.2, 0) is 14.8 Å². The van der Waals surface area contributed by atoms with Gasteiger partial charge in [-0.25, -0.2) is 8.42 Å². The lowest BCUT2D eigenvalue weighted by molar-refractivity contribution is -0.111. The predicted molar refractivity (Wildman–Crippen MR) is 112 cm³/mol. The molecule has 0 fully saturated rings. The van der Waals surface area contributed by atoms with Crippen LogP contribution in [0.4, 0.5) is 5.69 Å². The van der Waals surface area contributed by atoms with Gasteiger partial charge in [0.2, 0.25) is 15.9 Å². The van der Waals surface area contributed by atoms with E-state index in [2.05, 4.69) is 5.32 Å². The zero-order valence-electron chi connectivity index (χ0n) is 16.0. The number of carbonyl (C=O) groups excluding carboxylic acids is 1. The number of nitrogens with one attached hydrogen (secondary N) is 1. The molecule has 0 aromatic heterocycles. The number of benzene rings is 2. The summed E-state index contributed by atoms with van der Waals surface area (Å²) in [5.41, 5.74) is 0.966. The summed E-state index contributed by atoms with van der Waals surface area (Å²) in [6.45, 7) is 4.25. The summed E-state index contributed by atoms with van der Waals surface area (Å²) >= 11 is 6.07. The van der Waals surface area contributed by atoms with Crippen LogP contribution < -0.4 is 10.1 Å². The van der Waals surface area contributed by atoms with Crippen LogP contribution in [0.3, 0.4) is 0 Å². The molecule has 0 radical (unpaired) electrons. The number of nitrogens with zero attached hydrogens (tertiary/aromatic N) is 1. The second-order valence-electron chi connectivity index (χ2n) is 5.80. The Balaban J connectivity index is 2.29. The third-order valence-corrected chi connectivity index (χ3v) is 6.48. The van der Waals surface area contributed by atoms with Crippen molar-refractivity contribution in [1.82, 2.24) is 4.31 Å². The molecule has 0 bridgehead atoms. The molecule has 0 heterocycles. The Labute approximate surface area is 170 Å². The molecule has 28 heavy (non-hydrogen) atoms. The van der Waals surface area contributed by atoms with Gasteiger partial charge >= 0.3 is 0 Å². The van der Waals surface area contributed by atoms with Crippen molar-refractivity contribution in [2.45, 2.75) is 18.7 Å². The molecule has 0 saturated heterocycles. The first kappa shape index (κ1) is 21.9. The minimum Gasteiger partial charge on any atom is -0.495 e. The van der Waals surface area contributed by atoms with Crippen LogP contribution in [-0.4, -0.2) is 38.8 Å². The lowest BCUT2D eigenvalue weighted by Gasteiger charge is -2.19. The summed E-state index contributed by atoms with van der Waals surface area (Å²) in [6.07, 6.45) is 2.91. The fraction of sp³-hybridized carbons (Fsp3) is 0.250. The van der Waals surface area contributed by atoms with Crippen LogP contribution in [0.1, 0.15) is 19.4 Å². The number of hydrogen-bond acceptors (Lipinski definition) is 4. The fourth-order valence-corrected chi connectivity index (χ4v) is 4.29. The maximum atomic E-state index is 12.7. The lowest BCUT2D eigenvalue weighted by atomic mass is 10.2. The van der Waals surface area contributed by atoms with Crippen molar-refractivity contribution in [3.05, 3.63) is 59.1 Å². The molecule has 0 unspecified atom stereocenters. The van der Waals surface area contributed by atoms with Crippen LogP contribution >= 0.6 is 11.6 Å². The number of sulfonamides is 1. The minimum atomic E-state index is -3.65. The van der Waals surface area contributed by atoms with Gasteiger partial charge in [0.1, 0.15) is 5.75 Å². The molecule has 0 aliphatic heterocycles. The normalized spacial score (nSPS) is 11.8. The Bertz CT molecular complexity index is 970. The van der Waals surface area contributed by atoms with Gasteiger partial charge in [-0.3, -0.25) is 4.79 Å². The Hall–Kier alpha value is -2.35. The van der Waals surface area contributed by atoms with E-state index in [1.807, 2.05) is 6.07 Å². The molecular formula is C20H23ClN2O4S. The molecule has 150 valence electrons. The van der Waals surface area contributed by atoms with E-state index in [1.165, 1.54) is 35.7 Å². The van der Waals surface area contributed by atoms with Gasteiger partial charge in [-0.1, -0.05) is 43.6 Å². The summed E-state index contributed by atoms with van der Waals surface area (Å²) in [6, 6.07) is 11.5. The number of methoxy groups -OCH3 is 1. The molecule has 0 aliphatic rings. The van der Waals surface area contributed by atoms with Crippen molar-refractivity contribution < 1.29 is 17.9 Å². The number of ether oxygens (including phenoxy) is 1. The number of rotatable bonds is 8. The standard InChI is InChI=1S/C20H23ClN2O4S/c1-4-23(5-2)28(25,26)16-11-12-19(27-3)18(14-16)22-20(24)13-10-15-8-6-7-9-17(15)21/h6-14H,4-5H2,1-3H3,(H,22,24)/b13-10+. The van der Waals surface area contributed by atoms with E-state index in [0.717, 1.165) is 0 Å². The summed E-state index contributed by atoms with van der Waals surface area (Å²) in [4.78, 5) is 12.4. The summed E-state index contributed by atoms with van der Waals surface area (Å²) < 4.78 is 32.0. The molecule has 8 heteroatoms. The van der Waals surface area contributed by atoms with Crippen molar-refractivity contribution in [1.29, 1.82) is 0 Å². The van der Waals surface area contributed by atoms with Gasteiger partial charge in [0.15, 0.2) is 0 Å². The van der Waals surface area contributed by atoms with Crippen molar-refractivity contribution >= 4 is 39.3 Å². The summed E-state index contributed by atoms with van der Waals surface area (Å²) in [7, 11) is -2.21. The van der Waals surface area contributed by atoms with Crippen molar-refractivity contribution in [3.8, 4) is 5.75 Å². The lowest BCUT2D eigenvalue weighted by Crippen LogP contribution is -2.30. The molecule has 0 saturated carbocycles.